The van der Waals surface area contributed by atoms with E-state index in [1.165, 1.54) is 16.3 Å². The van der Waals surface area contributed by atoms with E-state index in [0.29, 0.717) is 0 Å². The second-order valence-corrected chi connectivity index (χ2v) is 4.26. The lowest BCUT2D eigenvalue weighted by molar-refractivity contribution is -0.140. The van der Waals surface area contributed by atoms with Crippen molar-refractivity contribution >= 4 is 23.8 Å². The maximum Gasteiger partial charge on any atom is 0.324 e. The van der Waals surface area contributed by atoms with Crippen LogP contribution in [0.25, 0.3) is 0 Å². The van der Waals surface area contributed by atoms with Gasteiger partial charge in [-0.1, -0.05) is 18.2 Å². The molecule has 0 saturated carbocycles. The molecule has 4 nitrogen and oxygen atoms in total. The molecule has 1 aromatic rings. The van der Waals surface area contributed by atoms with Crippen molar-refractivity contribution in [2.45, 2.75) is 11.3 Å². The van der Waals surface area contributed by atoms with Crippen LogP contribution in [-0.2, 0) is 16.0 Å². The van der Waals surface area contributed by atoms with Crippen LogP contribution in [0.3, 0.4) is 0 Å². The van der Waals surface area contributed by atoms with E-state index >= 15 is 0 Å². The third-order valence-electron chi connectivity index (χ3n) is 2.08. The van der Waals surface area contributed by atoms with E-state index in [0.717, 1.165) is 10.5 Å². The fourth-order valence-corrected chi connectivity index (χ4v) is 2.38. The summed E-state index contributed by atoms with van der Waals surface area (Å²) < 4.78 is 1.28. The number of fused-ring (bicyclic) bond motifs is 1. The first-order valence-electron chi connectivity index (χ1n) is 4.45. The minimum atomic E-state index is -0.991. The van der Waals surface area contributed by atoms with Crippen LogP contribution in [0.1, 0.15) is 5.56 Å². The third-order valence-corrected chi connectivity index (χ3v) is 3.23. The van der Waals surface area contributed by atoms with Crippen LogP contribution < -0.4 is 0 Å². The molecule has 0 saturated heterocycles. The molecular weight excluding hydrogens is 214 g/mol. The van der Waals surface area contributed by atoms with Crippen molar-refractivity contribution in [1.29, 1.82) is 0 Å². The molecule has 15 heavy (non-hydrogen) atoms. The minimum Gasteiger partial charge on any atom is -0.480 e. The molecule has 2 rings (SSSR count). The number of hydrogen-bond acceptors (Lipinski definition) is 3. The van der Waals surface area contributed by atoms with Crippen molar-refractivity contribution in [3.8, 4) is 0 Å². The van der Waals surface area contributed by atoms with E-state index in [1.54, 1.807) is 0 Å². The molecule has 0 aromatic heterocycles. The van der Waals surface area contributed by atoms with Crippen molar-refractivity contribution in [2.75, 3.05) is 6.54 Å². The smallest absolute Gasteiger partial charge is 0.324 e. The third kappa shape index (κ3) is 2.12. The zero-order valence-electron chi connectivity index (χ0n) is 7.84. The van der Waals surface area contributed by atoms with E-state index in [4.69, 9.17) is 5.11 Å². The summed E-state index contributed by atoms with van der Waals surface area (Å²) in [6.07, 6.45) is 0.288. The number of carboxylic acid groups (broad SMARTS) is 1. The number of benzene rings is 1. The summed E-state index contributed by atoms with van der Waals surface area (Å²) in [5.74, 6) is -1.14. The van der Waals surface area contributed by atoms with E-state index in [-0.39, 0.29) is 18.9 Å². The first-order chi connectivity index (χ1) is 7.16. The van der Waals surface area contributed by atoms with Gasteiger partial charge in [0.2, 0.25) is 5.91 Å². The summed E-state index contributed by atoms with van der Waals surface area (Å²) in [6, 6.07) is 7.53. The van der Waals surface area contributed by atoms with Crippen LogP contribution in [-0.4, -0.2) is 27.8 Å². The standard InChI is InChI=1S/C10H9NO3S/c12-9-5-7-3-1-2-4-8(7)15-11(9)6-10(13)14/h1-4H,5-6H2,(H,13,14). The van der Waals surface area contributed by atoms with Crippen molar-refractivity contribution in [3.05, 3.63) is 29.8 Å². The summed E-state index contributed by atoms with van der Waals surface area (Å²) in [5.41, 5.74) is 0.967. The number of nitrogens with zero attached hydrogens (tertiary/aromatic N) is 1. The normalized spacial score (nSPS) is 14.9. The van der Waals surface area contributed by atoms with Gasteiger partial charge >= 0.3 is 5.97 Å². The Morgan fingerprint density at radius 2 is 2.20 bits per heavy atom. The van der Waals surface area contributed by atoms with Crippen LogP contribution in [0.2, 0.25) is 0 Å². The van der Waals surface area contributed by atoms with Crippen LogP contribution in [0.15, 0.2) is 29.2 Å². The maximum absolute atomic E-state index is 11.5. The molecule has 0 atom stereocenters. The molecule has 1 N–H and O–H groups in total. The molecule has 1 heterocycles. The van der Waals surface area contributed by atoms with Crippen molar-refractivity contribution in [1.82, 2.24) is 4.31 Å². The monoisotopic (exact) mass is 223 g/mol. The Balaban J connectivity index is 2.22. The SMILES string of the molecule is O=C(O)CN1Sc2ccccc2CC1=O. The topological polar surface area (TPSA) is 57.6 Å². The zero-order valence-corrected chi connectivity index (χ0v) is 8.66. The van der Waals surface area contributed by atoms with Crippen LogP contribution >= 0.6 is 11.9 Å². The molecule has 0 aliphatic carbocycles. The fourth-order valence-electron chi connectivity index (χ4n) is 1.40. The Kier molecular flexibility index (Phi) is 2.64. The summed E-state index contributed by atoms with van der Waals surface area (Å²) >= 11 is 1.20. The lowest BCUT2D eigenvalue weighted by Gasteiger charge is -2.25. The summed E-state index contributed by atoms with van der Waals surface area (Å²) in [6.45, 7) is -0.252. The molecule has 0 spiro atoms. The Labute approximate surface area is 91.0 Å². The quantitative estimate of drug-likeness (QED) is 0.764. The fraction of sp³-hybridized carbons (Fsp3) is 0.200. The number of amides is 1. The molecule has 0 fully saturated rings. The van der Waals surface area contributed by atoms with Gasteiger partial charge in [0.05, 0.1) is 6.42 Å². The molecule has 1 amide bonds. The van der Waals surface area contributed by atoms with Gasteiger partial charge in [0, 0.05) is 4.90 Å². The van der Waals surface area contributed by atoms with Gasteiger partial charge in [-0.25, -0.2) is 0 Å². The second-order valence-electron chi connectivity index (χ2n) is 3.20. The molecule has 1 aliphatic heterocycles. The first kappa shape index (κ1) is 10.0. The van der Waals surface area contributed by atoms with E-state index in [1.807, 2.05) is 24.3 Å². The maximum atomic E-state index is 11.5. The average molecular weight is 223 g/mol. The highest BCUT2D eigenvalue weighted by molar-refractivity contribution is 7.97. The Bertz CT molecular complexity index is 419. The molecule has 1 aromatic carbocycles. The Morgan fingerprint density at radius 3 is 2.93 bits per heavy atom. The predicted octanol–water partition coefficient (Wildman–Crippen LogP) is 1.16. The Hall–Kier alpha value is -1.49. The zero-order chi connectivity index (χ0) is 10.8. The number of carboxylic acids is 1. The summed E-state index contributed by atoms with van der Waals surface area (Å²) in [5, 5.41) is 8.62. The molecule has 0 unspecified atom stereocenters. The van der Waals surface area contributed by atoms with Crippen LogP contribution in [0, 0.1) is 0 Å². The van der Waals surface area contributed by atoms with Gasteiger partial charge in [-0.15, -0.1) is 0 Å². The summed E-state index contributed by atoms with van der Waals surface area (Å²) in [4.78, 5) is 23.0. The number of carbonyl (C=O) groups excluding carboxylic acids is 1. The molecule has 0 bridgehead atoms. The molecule has 5 heteroatoms. The first-order valence-corrected chi connectivity index (χ1v) is 5.22. The van der Waals surface area contributed by atoms with Gasteiger partial charge in [-0.05, 0) is 23.6 Å². The predicted molar refractivity (Wildman–Crippen MR) is 55.4 cm³/mol. The van der Waals surface area contributed by atoms with Gasteiger partial charge < -0.3 is 5.11 Å². The highest BCUT2D eigenvalue weighted by atomic mass is 32.2. The molecule has 1 aliphatic rings. The minimum absolute atomic E-state index is 0.152. The van der Waals surface area contributed by atoms with Crippen LogP contribution in [0.4, 0.5) is 0 Å². The highest BCUT2D eigenvalue weighted by Gasteiger charge is 2.25. The number of rotatable bonds is 2. The van der Waals surface area contributed by atoms with Gasteiger partial charge in [0.1, 0.15) is 6.54 Å². The molecule has 78 valence electrons. The Morgan fingerprint density at radius 1 is 1.47 bits per heavy atom. The largest absolute Gasteiger partial charge is 0.480 e. The van der Waals surface area contributed by atoms with Crippen molar-refractivity contribution in [3.63, 3.8) is 0 Å². The van der Waals surface area contributed by atoms with Crippen molar-refractivity contribution in [2.24, 2.45) is 0 Å². The molecule has 0 radical (unpaired) electrons. The van der Waals surface area contributed by atoms with Gasteiger partial charge in [-0.2, -0.15) is 0 Å². The number of carbonyl (C=O) groups is 2. The number of aliphatic carboxylic acids is 1. The van der Waals surface area contributed by atoms with E-state index < -0.39 is 5.97 Å². The average Bonchev–Trinajstić information content (AvgIpc) is 2.18. The summed E-state index contributed by atoms with van der Waals surface area (Å²) in [7, 11) is 0. The van der Waals surface area contributed by atoms with E-state index in [9.17, 15) is 9.59 Å². The lowest BCUT2D eigenvalue weighted by atomic mass is 10.1. The van der Waals surface area contributed by atoms with Crippen molar-refractivity contribution < 1.29 is 14.7 Å². The highest BCUT2D eigenvalue weighted by Crippen LogP contribution is 2.31. The molecular formula is C10H9NO3S. The van der Waals surface area contributed by atoms with Gasteiger partial charge in [-0.3, -0.25) is 13.9 Å². The van der Waals surface area contributed by atoms with Crippen LogP contribution in [0.5, 0.6) is 0 Å². The second kappa shape index (κ2) is 3.94. The lowest BCUT2D eigenvalue weighted by Crippen LogP contribution is -2.33. The van der Waals surface area contributed by atoms with Gasteiger partial charge in [0.25, 0.3) is 0 Å². The van der Waals surface area contributed by atoms with Gasteiger partial charge in [0.15, 0.2) is 0 Å². The van der Waals surface area contributed by atoms with E-state index in [2.05, 4.69) is 0 Å². The number of hydrogen-bond donors (Lipinski definition) is 1.